The second-order valence-corrected chi connectivity index (χ2v) is 8.32. The van der Waals surface area contributed by atoms with Crippen molar-refractivity contribution in [3.63, 3.8) is 0 Å². The van der Waals surface area contributed by atoms with Crippen LogP contribution < -0.4 is 19.7 Å². The standard InChI is InChI=1S/C28H30FN3O4/c1-3-35-23-17-20(18-24(19-23)36-4-2)27(33)30-21-9-11-22(12-10-21)31-13-15-32(16-14-31)28(34)25-7-5-6-8-26(25)29/h5-12,17-19H,3-4,13-16H2,1-2H3,(H,30,33). The zero-order valence-corrected chi connectivity index (χ0v) is 20.5. The molecule has 4 rings (SSSR count). The van der Waals surface area contributed by atoms with Gasteiger partial charge in [-0.05, 0) is 62.4 Å². The van der Waals surface area contributed by atoms with E-state index >= 15 is 0 Å². The van der Waals surface area contributed by atoms with Gasteiger partial charge in [0.25, 0.3) is 11.8 Å². The van der Waals surface area contributed by atoms with Gasteiger partial charge in [0.05, 0.1) is 18.8 Å². The average Bonchev–Trinajstić information content (AvgIpc) is 2.89. The molecule has 0 spiro atoms. The SMILES string of the molecule is CCOc1cc(OCC)cc(C(=O)Nc2ccc(N3CCN(C(=O)c4ccccc4F)CC3)cc2)c1. The summed E-state index contributed by atoms with van der Waals surface area (Å²) in [7, 11) is 0. The molecule has 1 saturated heterocycles. The Balaban J connectivity index is 1.36. The van der Waals surface area contributed by atoms with Crippen molar-refractivity contribution in [1.29, 1.82) is 0 Å². The number of ether oxygens (including phenoxy) is 2. The molecule has 0 bridgehead atoms. The highest BCUT2D eigenvalue weighted by Gasteiger charge is 2.24. The molecule has 7 nitrogen and oxygen atoms in total. The number of benzene rings is 3. The lowest BCUT2D eigenvalue weighted by molar-refractivity contribution is 0.0742. The van der Waals surface area contributed by atoms with Crippen molar-refractivity contribution in [2.75, 3.05) is 49.6 Å². The van der Waals surface area contributed by atoms with Gasteiger partial charge in [-0.3, -0.25) is 9.59 Å². The quantitative estimate of drug-likeness (QED) is 0.488. The molecular formula is C28H30FN3O4. The molecule has 0 aliphatic carbocycles. The first-order chi connectivity index (χ1) is 17.5. The lowest BCUT2D eigenvalue weighted by atomic mass is 10.1. The number of halogens is 1. The molecule has 2 amide bonds. The molecule has 0 radical (unpaired) electrons. The Morgan fingerprint density at radius 3 is 2.06 bits per heavy atom. The molecule has 188 valence electrons. The highest BCUT2D eigenvalue weighted by atomic mass is 19.1. The van der Waals surface area contributed by atoms with Gasteiger partial charge >= 0.3 is 0 Å². The molecule has 0 unspecified atom stereocenters. The van der Waals surface area contributed by atoms with Gasteiger partial charge in [-0.15, -0.1) is 0 Å². The number of anilines is 2. The maximum Gasteiger partial charge on any atom is 0.256 e. The predicted molar refractivity (Wildman–Crippen MR) is 138 cm³/mol. The summed E-state index contributed by atoms with van der Waals surface area (Å²) in [4.78, 5) is 29.4. The molecule has 3 aromatic rings. The summed E-state index contributed by atoms with van der Waals surface area (Å²) in [6, 6.07) is 18.8. The fourth-order valence-electron chi connectivity index (χ4n) is 4.13. The van der Waals surface area contributed by atoms with E-state index in [2.05, 4.69) is 10.2 Å². The van der Waals surface area contributed by atoms with Gasteiger partial charge in [-0.1, -0.05) is 12.1 Å². The third-order valence-corrected chi connectivity index (χ3v) is 5.93. The molecule has 0 aromatic heterocycles. The number of carbonyl (C=O) groups excluding carboxylic acids is 2. The van der Waals surface area contributed by atoms with E-state index in [4.69, 9.17) is 9.47 Å². The van der Waals surface area contributed by atoms with Crippen LogP contribution in [0.1, 0.15) is 34.6 Å². The number of nitrogens with zero attached hydrogens (tertiary/aromatic N) is 2. The lowest BCUT2D eigenvalue weighted by Crippen LogP contribution is -2.49. The molecule has 0 saturated carbocycles. The van der Waals surface area contributed by atoms with Gasteiger partial charge in [0.1, 0.15) is 17.3 Å². The zero-order valence-electron chi connectivity index (χ0n) is 20.5. The molecular weight excluding hydrogens is 461 g/mol. The van der Waals surface area contributed by atoms with Gasteiger partial charge in [-0.2, -0.15) is 0 Å². The van der Waals surface area contributed by atoms with Gasteiger partial charge in [0.2, 0.25) is 0 Å². The molecule has 3 aromatic carbocycles. The summed E-state index contributed by atoms with van der Waals surface area (Å²) in [6.45, 7) is 7.03. The largest absolute Gasteiger partial charge is 0.494 e. The summed E-state index contributed by atoms with van der Waals surface area (Å²) < 4.78 is 25.1. The molecule has 1 heterocycles. The van der Waals surface area contributed by atoms with Crippen molar-refractivity contribution in [3.05, 3.63) is 83.7 Å². The molecule has 0 atom stereocenters. The van der Waals surface area contributed by atoms with Crippen LogP contribution in [0, 0.1) is 5.82 Å². The fraction of sp³-hybridized carbons (Fsp3) is 0.286. The van der Waals surface area contributed by atoms with Crippen LogP contribution in [0.15, 0.2) is 66.7 Å². The van der Waals surface area contributed by atoms with E-state index in [9.17, 15) is 14.0 Å². The smallest absolute Gasteiger partial charge is 0.256 e. The molecule has 1 fully saturated rings. The first kappa shape index (κ1) is 25.0. The van der Waals surface area contributed by atoms with E-state index in [1.807, 2.05) is 38.1 Å². The third-order valence-electron chi connectivity index (χ3n) is 5.93. The first-order valence-corrected chi connectivity index (χ1v) is 12.1. The topological polar surface area (TPSA) is 71.1 Å². The number of hydrogen-bond donors (Lipinski definition) is 1. The molecule has 36 heavy (non-hydrogen) atoms. The number of hydrogen-bond acceptors (Lipinski definition) is 5. The Kier molecular flexibility index (Phi) is 8.05. The average molecular weight is 492 g/mol. The van der Waals surface area contributed by atoms with E-state index < -0.39 is 5.82 Å². The van der Waals surface area contributed by atoms with Crippen LogP contribution in [0.3, 0.4) is 0 Å². The van der Waals surface area contributed by atoms with Crippen LogP contribution >= 0.6 is 0 Å². The van der Waals surface area contributed by atoms with Crippen LogP contribution in [0.4, 0.5) is 15.8 Å². The summed E-state index contributed by atoms with van der Waals surface area (Å²) in [5.41, 5.74) is 2.20. The summed E-state index contributed by atoms with van der Waals surface area (Å²) >= 11 is 0. The number of carbonyl (C=O) groups is 2. The minimum Gasteiger partial charge on any atom is -0.494 e. The lowest BCUT2D eigenvalue weighted by Gasteiger charge is -2.36. The van der Waals surface area contributed by atoms with Crippen LogP contribution in [0.5, 0.6) is 11.5 Å². The molecule has 8 heteroatoms. The van der Waals surface area contributed by atoms with Crippen molar-refractivity contribution in [3.8, 4) is 11.5 Å². The Morgan fingerprint density at radius 2 is 1.47 bits per heavy atom. The van der Waals surface area contributed by atoms with Crippen molar-refractivity contribution < 1.29 is 23.5 Å². The van der Waals surface area contributed by atoms with E-state index in [0.717, 1.165) is 5.69 Å². The van der Waals surface area contributed by atoms with Gasteiger partial charge in [-0.25, -0.2) is 4.39 Å². The number of amides is 2. The fourth-order valence-corrected chi connectivity index (χ4v) is 4.13. The zero-order chi connectivity index (χ0) is 25.5. The molecule has 1 N–H and O–H groups in total. The van der Waals surface area contributed by atoms with E-state index in [0.29, 0.717) is 62.1 Å². The van der Waals surface area contributed by atoms with Crippen LogP contribution in [-0.4, -0.2) is 56.1 Å². The second kappa shape index (κ2) is 11.6. The summed E-state index contributed by atoms with van der Waals surface area (Å²) in [5.74, 6) is 0.117. The van der Waals surface area contributed by atoms with Crippen molar-refractivity contribution >= 4 is 23.2 Å². The first-order valence-electron chi connectivity index (χ1n) is 12.1. The number of nitrogens with one attached hydrogen (secondary N) is 1. The maximum absolute atomic E-state index is 14.0. The Morgan fingerprint density at radius 1 is 0.861 bits per heavy atom. The van der Waals surface area contributed by atoms with E-state index in [1.54, 1.807) is 35.2 Å². The molecule has 1 aliphatic rings. The van der Waals surface area contributed by atoms with Gasteiger partial charge in [0.15, 0.2) is 0 Å². The van der Waals surface area contributed by atoms with Crippen molar-refractivity contribution in [2.45, 2.75) is 13.8 Å². The summed E-state index contributed by atoms with van der Waals surface area (Å²) in [5, 5.41) is 2.92. The Bertz CT molecular complexity index is 1180. The summed E-state index contributed by atoms with van der Waals surface area (Å²) in [6.07, 6.45) is 0. The van der Waals surface area contributed by atoms with Crippen molar-refractivity contribution in [1.82, 2.24) is 4.90 Å². The van der Waals surface area contributed by atoms with E-state index in [1.165, 1.54) is 12.1 Å². The van der Waals surface area contributed by atoms with E-state index in [-0.39, 0.29) is 17.4 Å². The Labute approximate surface area is 210 Å². The highest BCUT2D eigenvalue weighted by Crippen LogP contribution is 2.25. The number of rotatable bonds is 8. The van der Waals surface area contributed by atoms with Gasteiger partial charge < -0.3 is 24.6 Å². The third kappa shape index (κ3) is 5.94. The second-order valence-electron chi connectivity index (χ2n) is 8.32. The normalized spacial score (nSPS) is 13.3. The number of piperazine rings is 1. The van der Waals surface area contributed by atoms with Crippen LogP contribution in [-0.2, 0) is 0 Å². The van der Waals surface area contributed by atoms with Gasteiger partial charge in [0, 0.05) is 49.2 Å². The minimum absolute atomic E-state index is 0.103. The monoisotopic (exact) mass is 491 g/mol. The van der Waals surface area contributed by atoms with Crippen molar-refractivity contribution in [2.24, 2.45) is 0 Å². The van der Waals surface area contributed by atoms with Crippen LogP contribution in [0.25, 0.3) is 0 Å². The molecule has 1 aliphatic heterocycles. The maximum atomic E-state index is 14.0. The minimum atomic E-state index is -0.499. The highest BCUT2D eigenvalue weighted by molar-refractivity contribution is 6.04. The van der Waals surface area contributed by atoms with Crippen LogP contribution in [0.2, 0.25) is 0 Å². The predicted octanol–water partition coefficient (Wildman–Crippen LogP) is 4.84. The Hall–Kier alpha value is -4.07.